The zero-order chi connectivity index (χ0) is 12.3. The maximum absolute atomic E-state index is 9.46. The molecule has 96 valence electrons. The summed E-state index contributed by atoms with van der Waals surface area (Å²) in [6.45, 7) is 3.44. The summed E-state index contributed by atoms with van der Waals surface area (Å²) in [7, 11) is 0. The number of thiophene rings is 1. The Kier molecular flexibility index (Phi) is 4.56. The average Bonchev–Trinajstić information content (AvgIpc) is 3.00. The highest BCUT2D eigenvalue weighted by molar-refractivity contribution is 7.10. The van der Waals surface area contributed by atoms with Gasteiger partial charge in [-0.2, -0.15) is 0 Å². The van der Waals surface area contributed by atoms with Gasteiger partial charge in [0.05, 0.1) is 12.6 Å². The van der Waals surface area contributed by atoms with Crippen molar-refractivity contribution in [2.75, 3.05) is 13.2 Å². The molecule has 1 aromatic rings. The molecule has 17 heavy (non-hydrogen) atoms. The first-order valence-electron chi connectivity index (χ1n) is 6.43. The summed E-state index contributed by atoms with van der Waals surface area (Å²) in [6, 6.07) is 4.97. The van der Waals surface area contributed by atoms with Crippen LogP contribution in [0, 0.1) is 0 Å². The summed E-state index contributed by atoms with van der Waals surface area (Å²) in [5.41, 5.74) is 6.29. The fourth-order valence-corrected chi connectivity index (χ4v) is 3.64. The van der Waals surface area contributed by atoms with Crippen LogP contribution in [-0.4, -0.2) is 35.2 Å². The van der Waals surface area contributed by atoms with Crippen molar-refractivity contribution in [1.82, 2.24) is 4.90 Å². The van der Waals surface area contributed by atoms with E-state index in [1.54, 1.807) is 11.3 Å². The first kappa shape index (κ1) is 13.0. The summed E-state index contributed by atoms with van der Waals surface area (Å²) in [4.78, 5) is 3.74. The van der Waals surface area contributed by atoms with Crippen LogP contribution in [0.3, 0.4) is 0 Å². The highest BCUT2D eigenvalue weighted by atomic mass is 32.1. The number of hydrogen-bond acceptors (Lipinski definition) is 4. The Morgan fingerprint density at radius 1 is 1.65 bits per heavy atom. The first-order valence-corrected chi connectivity index (χ1v) is 7.31. The predicted molar refractivity (Wildman–Crippen MR) is 72.1 cm³/mol. The molecule has 4 heteroatoms. The maximum atomic E-state index is 9.46. The van der Waals surface area contributed by atoms with E-state index in [-0.39, 0.29) is 18.7 Å². The number of rotatable bonds is 5. The number of hydrogen-bond donors (Lipinski definition) is 2. The van der Waals surface area contributed by atoms with Gasteiger partial charge in [0.2, 0.25) is 0 Å². The lowest BCUT2D eigenvalue weighted by atomic mass is 10.0. The van der Waals surface area contributed by atoms with Gasteiger partial charge in [-0.25, -0.2) is 0 Å². The molecule has 1 fully saturated rings. The number of aliphatic hydroxyl groups is 1. The summed E-state index contributed by atoms with van der Waals surface area (Å²) in [6.07, 6.45) is 3.23. The summed E-state index contributed by atoms with van der Waals surface area (Å²) in [5, 5.41) is 11.6. The molecule has 1 aliphatic heterocycles. The fourth-order valence-electron chi connectivity index (χ4n) is 2.72. The molecular formula is C13H22N2OS. The minimum atomic E-state index is 0.154. The average molecular weight is 254 g/mol. The first-order chi connectivity index (χ1) is 8.27. The zero-order valence-electron chi connectivity index (χ0n) is 10.4. The lowest BCUT2D eigenvalue weighted by Crippen LogP contribution is -2.44. The van der Waals surface area contributed by atoms with Crippen LogP contribution in [0.15, 0.2) is 17.5 Å². The van der Waals surface area contributed by atoms with Crippen molar-refractivity contribution in [3.8, 4) is 0 Å². The number of nitrogens with zero attached hydrogens (tertiary/aromatic N) is 1. The Labute approximate surface area is 107 Å². The SMILES string of the molecule is CCC(N)C(c1cccs1)N1CCCC1CO. The second-order valence-corrected chi connectivity index (χ2v) is 5.73. The maximum Gasteiger partial charge on any atom is 0.0596 e. The van der Waals surface area contributed by atoms with E-state index in [1.165, 1.54) is 11.3 Å². The Bertz CT molecular complexity index is 328. The standard InChI is InChI=1S/C13H22N2OS/c1-2-11(14)13(12-6-4-8-17-12)15-7-3-5-10(15)9-16/h4,6,8,10-11,13,16H,2-3,5,7,9,14H2,1H3. The van der Waals surface area contributed by atoms with Crippen molar-refractivity contribution in [2.24, 2.45) is 5.73 Å². The summed E-state index contributed by atoms with van der Waals surface area (Å²) in [5.74, 6) is 0. The molecule has 3 N–H and O–H groups in total. The van der Waals surface area contributed by atoms with Gasteiger partial charge in [-0.05, 0) is 37.3 Å². The monoisotopic (exact) mass is 254 g/mol. The third-order valence-corrected chi connectivity index (χ3v) is 4.65. The zero-order valence-corrected chi connectivity index (χ0v) is 11.2. The Morgan fingerprint density at radius 3 is 3.06 bits per heavy atom. The van der Waals surface area contributed by atoms with Gasteiger partial charge in [-0.15, -0.1) is 11.3 Å². The van der Waals surface area contributed by atoms with E-state index in [1.807, 2.05) is 0 Å². The number of nitrogens with two attached hydrogens (primary N) is 1. The molecule has 3 atom stereocenters. The highest BCUT2D eigenvalue weighted by Crippen LogP contribution is 2.34. The van der Waals surface area contributed by atoms with E-state index in [0.717, 1.165) is 19.4 Å². The van der Waals surface area contributed by atoms with Gasteiger partial charge < -0.3 is 10.8 Å². The van der Waals surface area contributed by atoms with Crippen LogP contribution in [0.1, 0.15) is 37.1 Å². The minimum absolute atomic E-state index is 0.154. The van der Waals surface area contributed by atoms with Crippen LogP contribution in [0.2, 0.25) is 0 Å². The molecule has 2 heterocycles. The van der Waals surface area contributed by atoms with Gasteiger partial charge in [0.15, 0.2) is 0 Å². The van der Waals surface area contributed by atoms with Gasteiger partial charge in [-0.3, -0.25) is 4.90 Å². The number of likely N-dealkylation sites (tertiary alicyclic amines) is 1. The van der Waals surface area contributed by atoms with Crippen molar-refractivity contribution in [3.05, 3.63) is 22.4 Å². The topological polar surface area (TPSA) is 49.5 Å². The largest absolute Gasteiger partial charge is 0.395 e. The summed E-state index contributed by atoms with van der Waals surface area (Å²) >= 11 is 1.77. The second kappa shape index (κ2) is 5.96. The molecule has 3 unspecified atom stereocenters. The molecule has 3 nitrogen and oxygen atoms in total. The van der Waals surface area contributed by atoms with Crippen molar-refractivity contribution in [2.45, 2.75) is 44.3 Å². The van der Waals surface area contributed by atoms with Crippen molar-refractivity contribution in [1.29, 1.82) is 0 Å². The molecule has 0 amide bonds. The Hall–Kier alpha value is -0.420. The molecule has 0 aliphatic carbocycles. The molecule has 0 radical (unpaired) electrons. The summed E-state index contributed by atoms with van der Waals surface area (Å²) < 4.78 is 0. The molecule has 0 aromatic carbocycles. The molecule has 0 spiro atoms. The van der Waals surface area contributed by atoms with E-state index in [9.17, 15) is 5.11 Å². The van der Waals surface area contributed by atoms with Gasteiger partial charge in [0.1, 0.15) is 0 Å². The van der Waals surface area contributed by atoms with Gasteiger partial charge in [0, 0.05) is 17.0 Å². The molecule has 0 saturated carbocycles. The Balaban J connectivity index is 2.21. The normalized spacial score (nSPS) is 25.0. The fraction of sp³-hybridized carbons (Fsp3) is 0.692. The lowest BCUT2D eigenvalue weighted by molar-refractivity contribution is 0.106. The van der Waals surface area contributed by atoms with E-state index in [0.29, 0.717) is 6.04 Å². The lowest BCUT2D eigenvalue weighted by Gasteiger charge is -2.35. The van der Waals surface area contributed by atoms with Crippen LogP contribution >= 0.6 is 11.3 Å². The predicted octanol–water partition coefficient (Wildman–Crippen LogP) is 1.98. The van der Waals surface area contributed by atoms with Crippen molar-refractivity contribution in [3.63, 3.8) is 0 Å². The van der Waals surface area contributed by atoms with Gasteiger partial charge in [0.25, 0.3) is 0 Å². The molecule has 2 rings (SSSR count). The van der Waals surface area contributed by atoms with E-state index in [4.69, 9.17) is 5.73 Å². The van der Waals surface area contributed by atoms with E-state index >= 15 is 0 Å². The molecule has 1 saturated heterocycles. The van der Waals surface area contributed by atoms with Crippen molar-refractivity contribution >= 4 is 11.3 Å². The quantitative estimate of drug-likeness (QED) is 0.845. The minimum Gasteiger partial charge on any atom is -0.395 e. The molecular weight excluding hydrogens is 232 g/mol. The second-order valence-electron chi connectivity index (χ2n) is 4.75. The smallest absolute Gasteiger partial charge is 0.0596 e. The Morgan fingerprint density at radius 2 is 2.47 bits per heavy atom. The molecule has 0 bridgehead atoms. The van der Waals surface area contributed by atoms with E-state index in [2.05, 4.69) is 29.3 Å². The molecule has 1 aliphatic rings. The van der Waals surface area contributed by atoms with Crippen LogP contribution in [0.25, 0.3) is 0 Å². The third kappa shape index (κ3) is 2.71. The van der Waals surface area contributed by atoms with Gasteiger partial charge in [-0.1, -0.05) is 13.0 Å². The molecule has 1 aromatic heterocycles. The highest BCUT2D eigenvalue weighted by Gasteiger charge is 2.34. The van der Waals surface area contributed by atoms with Crippen LogP contribution in [0.4, 0.5) is 0 Å². The number of aliphatic hydroxyl groups excluding tert-OH is 1. The van der Waals surface area contributed by atoms with Crippen LogP contribution in [-0.2, 0) is 0 Å². The van der Waals surface area contributed by atoms with E-state index < -0.39 is 0 Å². The van der Waals surface area contributed by atoms with Gasteiger partial charge >= 0.3 is 0 Å². The van der Waals surface area contributed by atoms with Crippen molar-refractivity contribution < 1.29 is 5.11 Å². The third-order valence-electron chi connectivity index (χ3n) is 3.70. The van der Waals surface area contributed by atoms with Crippen LogP contribution < -0.4 is 5.73 Å². The van der Waals surface area contributed by atoms with Crippen LogP contribution in [0.5, 0.6) is 0 Å².